The Balaban J connectivity index is 1.59. The Kier molecular flexibility index (Phi) is 4.93. The number of piperazine rings is 1. The number of carbonyl (C=O) groups excluding carboxylic acids is 2. The first kappa shape index (κ1) is 18.7. The Morgan fingerprint density at radius 2 is 2.04 bits per heavy atom. The molecule has 7 nitrogen and oxygen atoms in total. The van der Waals surface area contributed by atoms with Crippen molar-refractivity contribution in [2.24, 2.45) is 13.0 Å². The molecule has 0 bridgehead atoms. The number of rotatable bonds is 4. The van der Waals surface area contributed by atoms with Gasteiger partial charge in [0, 0.05) is 37.4 Å². The van der Waals surface area contributed by atoms with E-state index in [0.717, 1.165) is 23.4 Å². The van der Waals surface area contributed by atoms with Gasteiger partial charge in [-0.05, 0) is 18.9 Å². The molecule has 1 aromatic heterocycles. The molecule has 3 heterocycles. The number of hydrogen-bond donors (Lipinski definition) is 0. The number of methoxy groups -OCH3 is 1. The Labute approximate surface area is 164 Å². The van der Waals surface area contributed by atoms with E-state index in [1.807, 2.05) is 60.1 Å². The molecule has 0 N–H and O–H groups in total. The minimum atomic E-state index is -0.332. The number of aromatic nitrogens is 2. The van der Waals surface area contributed by atoms with E-state index >= 15 is 0 Å². The van der Waals surface area contributed by atoms with Gasteiger partial charge in [0.1, 0.15) is 0 Å². The SMILES string of the molecule is COC(=O)[C@H]1C[C@H]2CN(Cc3cnn(C)c3C)CC(=O)N2[C@H]1c1ccccc1. The molecular formula is C21H26N4O3. The molecule has 2 saturated heterocycles. The summed E-state index contributed by atoms with van der Waals surface area (Å²) in [5.74, 6) is -0.509. The third kappa shape index (κ3) is 3.20. The van der Waals surface area contributed by atoms with E-state index in [-0.39, 0.29) is 29.9 Å². The number of benzene rings is 1. The first-order valence-corrected chi connectivity index (χ1v) is 9.63. The van der Waals surface area contributed by atoms with Crippen molar-refractivity contribution in [2.45, 2.75) is 32.0 Å². The maximum Gasteiger partial charge on any atom is 0.311 e. The summed E-state index contributed by atoms with van der Waals surface area (Å²) in [6.07, 6.45) is 2.49. The Morgan fingerprint density at radius 3 is 2.68 bits per heavy atom. The zero-order valence-corrected chi connectivity index (χ0v) is 16.5. The summed E-state index contributed by atoms with van der Waals surface area (Å²) in [5, 5.41) is 4.30. The molecule has 2 fully saturated rings. The van der Waals surface area contributed by atoms with Crippen LogP contribution in [0.2, 0.25) is 0 Å². The number of amides is 1. The minimum absolute atomic E-state index is 0.00698. The lowest BCUT2D eigenvalue weighted by molar-refractivity contribution is -0.147. The normalized spacial score (nSPS) is 25.0. The number of fused-ring (bicyclic) bond motifs is 1. The fourth-order valence-corrected chi connectivity index (χ4v) is 4.59. The fourth-order valence-electron chi connectivity index (χ4n) is 4.59. The van der Waals surface area contributed by atoms with Crippen LogP contribution in [-0.4, -0.2) is 57.7 Å². The molecule has 0 radical (unpaired) electrons. The topological polar surface area (TPSA) is 67.7 Å². The standard InChI is InChI=1S/C21H26N4O3/c1-14-16(10-22-23(14)2)11-24-12-17-9-18(21(27)28-3)20(25(17)19(26)13-24)15-7-5-4-6-8-15/h4-8,10,17-18,20H,9,11-13H2,1-3H3/t17-,18-,20-/m0/s1. The van der Waals surface area contributed by atoms with Gasteiger partial charge in [-0.3, -0.25) is 19.2 Å². The summed E-state index contributed by atoms with van der Waals surface area (Å²) in [5.41, 5.74) is 3.23. The largest absolute Gasteiger partial charge is 0.469 e. The van der Waals surface area contributed by atoms with Crippen LogP contribution in [0.25, 0.3) is 0 Å². The molecular weight excluding hydrogens is 356 g/mol. The summed E-state index contributed by atoms with van der Waals surface area (Å²) in [4.78, 5) is 29.7. The summed E-state index contributed by atoms with van der Waals surface area (Å²) < 4.78 is 6.92. The molecule has 0 unspecified atom stereocenters. The fraction of sp³-hybridized carbons (Fsp3) is 0.476. The maximum absolute atomic E-state index is 13.1. The van der Waals surface area contributed by atoms with Gasteiger partial charge in [-0.15, -0.1) is 0 Å². The zero-order chi connectivity index (χ0) is 19.8. The van der Waals surface area contributed by atoms with Crippen molar-refractivity contribution in [3.63, 3.8) is 0 Å². The smallest absolute Gasteiger partial charge is 0.311 e. The van der Waals surface area contributed by atoms with Gasteiger partial charge in [0.2, 0.25) is 5.91 Å². The van der Waals surface area contributed by atoms with E-state index in [1.165, 1.54) is 7.11 Å². The first-order chi connectivity index (χ1) is 13.5. The average Bonchev–Trinajstić information content (AvgIpc) is 3.24. The van der Waals surface area contributed by atoms with Crippen LogP contribution in [0, 0.1) is 12.8 Å². The molecule has 2 aromatic rings. The van der Waals surface area contributed by atoms with Gasteiger partial charge in [0.25, 0.3) is 0 Å². The van der Waals surface area contributed by atoms with Gasteiger partial charge in [0.15, 0.2) is 0 Å². The summed E-state index contributed by atoms with van der Waals surface area (Å²) in [7, 11) is 3.34. The molecule has 0 aliphatic carbocycles. The van der Waals surface area contributed by atoms with E-state index in [4.69, 9.17) is 4.74 Å². The number of ether oxygens (including phenoxy) is 1. The van der Waals surface area contributed by atoms with Crippen LogP contribution < -0.4 is 0 Å². The van der Waals surface area contributed by atoms with Gasteiger partial charge in [0.05, 0.1) is 31.8 Å². The highest BCUT2D eigenvalue weighted by Crippen LogP contribution is 2.43. The van der Waals surface area contributed by atoms with Gasteiger partial charge < -0.3 is 9.64 Å². The van der Waals surface area contributed by atoms with E-state index < -0.39 is 0 Å². The molecule has 2 aliphatic rings. The number of hydrogen-bond acceptors (Lipinski definition) is 5. The van der Waals surface area contributed by atoms with Gasteiger partial charge in [-0.2, -0.15) is 5.10 Å². The first-order valence-electron chi connectivity index (χ1n) is 9.63. The van der Waals surface area contributed by atoms with Crippen LogP contribution in [0.5, 0.6) is 0 Å². The lowest BCUT2D eigenvalue weighted by Crippen LogP contribution is -2.54. The predicted octanol–water partition coefficient (Wildman–Crippen LogP) is 1.68. The maximum atomic E-state index is 13.1. The van der Waals surface area contributed by atoms with Crippen LogP contribution in [-0.2, 0) is 27.9 Å². The van der Waals surface area contributed by atoms with Crippen molar-refractivity contribution in [3.05, 3.63) is 53.3 Å². The molecule has 2 aliphatic heterocycles. The minimum Gasteiger partial charge on any atom is -0.469 e. The third-order valence-corrected chi connectivity index (χ3v) is 6.09. The molecule has 28 heavy (non-hydrogen) atoms. The van der Waals surface area contributed by atoms with Crippen LogP contribution in [0.1, 0.15) is 29.3 Å². The second-order valence-corrected chi connectivity index (χ2v) is 7.72. The molecule has 1 amide bonds. The lowest BCUT2D eigenvalue weighted by Gasteiger charge is -2.40. The molecule has 1 aromatic carbocycles. The number of carbonyl (C=O) groups is 2. The van der Waals surface area contributed by atoms with Crippen molar-refractivity contribution >= 4 is 11.9 Å². The van der Waals surface area contributed by atoms with Gasteiger partial charge >= 0.3 is 5.97 Å². The summed E-state index contributed by atoms with van der Waals surface area (Å²) >= 11 is 0. The highest BCUT2D eigenvalue weighted by Gasteiger charge is 2.50. The molecule has 0 spiro atoms. The average molecular weight is 382 g/mol. The van der Waals surface area contributed by atoms with Crippen molar-refractivity contribution < 1.29 is 14.3 Å². The van der Waals surface area contributed by atoms with Crippen LogP contribution in [0.15, 0.2) is 36.5 Å². The quantitative estimate of drug-likeness (QED) is 0.753. The second-order valence-electron chi connectivity index (χ2n) is 7.72. The highest BCUT2D eigenvalue weighted by atomic mass is 16.5. The Hall–Kier alpha value is -2.67. The van der Waals surface area contributed by atoms with Crippen molar-refractivity contribution in [1.29, 1.82) is 0 Å². The van der Waals surface area contributed by atoms with Crippen LogP contribution in [0.3, 0.4) is 0 Å². The molecule has 0 saturated carbocycles. The van der Waals surface area contributed by atoms with Crippen LogP contribution in [0.4, 0.5) is 0 Å². The molecule has 7 heteroatoms. The van der Waals surface area contributed by atoms with Crippen molar-refractivity contribution in [3.8, 4) is 0 Å². The zero-order valence-electron chi connectivity index (χ0n) is 16.5. The van der Waals surface area contributed by atoms with Crippen molar-refractivity contribution in [1.82, 2.24) is 19.6 Å². The summed E-state index contributed by atoms with van der Waals surface area (Å²) in [6.45, 7) is 3.82. The van der Waals surface area contributed by atoms with Crippen molar-refractivity contribution in [2.75, 3.05) is 20.2 Å². The number of nitrogens with zero attached hydrogens (tertiary/aromatic N) is 4. The molecule has 4 rings (SSSR count). The monoisotopic (exact) mass is 382 g/mol. The van der Waals surface area contributed by atoms with E-state index in [2.05, 4.69) is 10.00 Å². The summed E-state index contributed by atoms with van der Waals surface area (Å²) in [6, 6.07) is 9.56. The van der Waals surface area contributed by atoms with Gasteiger partial charge in [-0.1, -0.05) is 30.3 Å². The second kappa shape index (κ2) is 7.39. The van der Waals surface area contributed by atoms with E-state index in [0.29, 0.717) is 19.5 Å². The number of aryl methyl sites for hydroxylation is 1. The highest BCUT2D eigenvalue weighted by molar-refractivity contribution is 5.83. The lowest BCUT2D eigenvalue weighted by atomic mass is 9.93. The van der Waals surface area contributed by atoms with E-state index in [1.54, 1.807) is 0 Å². The molecule has 3 atom stereocenters. The Morgan fingerprint density at radius 1 is 1.29 bits per heavy atom. The Bertz CT molecular complexity index is 879. The van der Waals surface area contributed by atoms with E-state index in [9.17, 15) is 9.59 Å². The predicted molar refractivity (Wildman–Crippen MR) is 103 cm³/mol. The third-order valence-electron chi connectivity index (χ3n) is 6.09. The molecule has 148 valence electrons. The van der Waals surface area contributed by atoms with Gasteiger partial charge in [-0.25, -0.2) is 0 Å². The van der Waals surface area contributed by atoms with Crippen LogP contribution >= 0.6 is 0 Å². The number of esters is 1.